The van der Waals surface area contributed by atoms with Crippen LogP contribution in [0.3, 0.4) is 0 Å². The highest BCUT2D eigenvalue weighted by Gasteiger charge is 2.09. The van der Waals surface area contributed by atoms with Gasteiger partial charge in [-0.3, -0.25) is 9.59 Å². The number of hydrogen-bond donors (Lipinski definition) is 0. The van der Waals surface area contributed by atoms with Gasteiger partial charge in [-0.1, -0.05) is 11.6 Å². The Bertz CT molecular complexity index is 677. The minimum Gasteiger partial charge on any atom is -0.306 e. The highest BCUT2D eigenvalue weighted by molar-refractivity contribution is 9.10. The molecule has 1 aromatic carbocycles. The van der Waals surface area contributed by atoms with Crippen molar-refractivity contribution in [3.05, 3.63) is 67.5 Å². The number of hydrogen-bond acceptors (Lipinski definition) is 2. The molecule has 0 aliphatic rings. The molecule has 0 aliphatic carbocycles. The van der Waals surface area contributed by atoms with Gasteiger partial charge in [-0.25, -0.2) is 0 Å². The SMILES string of the molecule is Cc1cc(Br)c(=O)n(CC(=O)c2ccc(Cl)cc2)c1. The highest BCUT2D eigenvalue weighted by Crippen LogP contribution is 2.11. The van der Waals surface area contributed by atoms with E-state index in [2.05, 4.69) is 15.9 Å². The molecule has 0 amide bonds. The van der Waals surface area contributed by atoms with E-state index < -0.39 is 0 Å². The molecule has 5 heteroatoms. The molecule has 0 saturated carbocycles. The third kappa shape index (κ3) is 3.33. The normalized spacial score (nSPS) is 10.5. The van der Waals surface area contributed by atoms with Crippen molar-refractivity contribution in [1.29, 1.82) is 0 Å². The number of halogens is 2. The first kappa shape index (κ1) is 14.0. The van der Waals surface area contributed by atoms with Crippen molar-refractivity contribution in [3.63, 3.8) is 0 Å². The van der Waals surface area contributed by atoms with Gasteiger partial charge < -0.3 is 4.57 Å². The van der Waals surface area contributed by atoms with Crippen molar-refractivity contribution in [1.82, 2.24) is 4.57 Å². The van der Waals surface area contributed by atoms with Crippen molar-refractivity contribution >= 4 is 33.3 Å². The highest BCUT2D eigenvalue weighted by atomic mass is 79.9. The molecule has 0 fully saturated rings. The van der Waals surface area contributed by atoms with Gasteiger partial charge in [-0.2, -0.15) is 0 Å². The fourth-order valence-corrected chi connectivity index (χ4v) is 2.45. The second kappa shape index (κ2) is 5.72. The number of ketones is 1. The second-order valence-electron chi connectivity index (χ2n) is 4.23. The van der Waals surface area contributed by atoms with Crippen molar-refractivity contribution in [2.75, 3.05) is 0 Å². The molecule has 0 radical (unpaired) electrons. The lowest BCUT2D eigenvalue weighted by Gasteiger charge is -2.07. The Morgan fingerprint density at radius 1 is 1.32 bits per heavy atom. The predicted molar refractivity (Wildman–Crippen MR) is 78.9 cm³/mol. The lowest BCUT2D eigenvalue weighted by atomic mass is 10.1. The van der Waals surface area contributed by atoms with E-state index in [-0.39, 0.29) is 17.9 Å². The number of aromatic nitrogens is 1. The Morgan fingerprint density at radius 3 is 2.58 bits per heavy atom. The Morgan fingerprint density at radius 2 is 1.95 bits per heavy atom. The molecule has 1 aromatic heterocycles. The topological polar surface area (TPSA) is 39.1 Å². The van der Waals surface area contributed by atoms with Gasteiger partial charge in [0.2, 0.25) is 0 Å². The lowest BCUT2D eigenvalue weighted by Crippen LogP contribution is -2.24. The number of rotatable bonds is 3. The van der Waals surface area contributed by atoms with Crippen molar-refractivity contribution < 1.29 is 4.79 Å². The largest absolute Gasteiger partial charge is 0.306 e. The zero-order valence-electron chi connectivity index (χ0n) is 10.2. The fourth-order valence-electron chi connectivity index (χ4n) is 1.74. The Hall–Kier alpha value is -1.39. The van der Waals surface area contributed by atoms with Crippen LogP contribution in [0.4, 0.5) is 0 Å². The molecule has 2 aromatic rings. The smallest absolute Gasteiger partial charge is 0.265 e. The van der Waals surface area contributed by atoms with Crippen LogP contribution in [0.15, 0.2) is 45.8 Å². The number of aryl methyl sites for hydroxylation is 1. The number of benzene rings is 1. The van der Waals surface area contributed by atoms with Crippen LogP contribution >= 0.6 is 27.5 Å². The Labute approximate surface area is 124 Å². The number of nitrogens with zero attached hydrogens (tertiary/aromatic N) is 1. The molecule has 1 heterocycles. The molecule has 0 bridgehead atoms. The monoisotopic (exact) mass is 339 g/mol. The summed E-state index contributed by atoms with van der Waals surface area (Å²) >= 11 is 8.96. The third-order valence-corrected chi connectivity index (χ3v) is 3.48. The van der Waals surface area contributed by atoms with Crippen LogP contribution in [0.5, 0.6) is 0 Å². The lowest BCUT2D eigenvalue weighted by molar-refractivity contribution is 0.0970. The summed E-state index contributed by atoms with van der Waals surface area (Å²) < 4.78 is 1.85. The summed E-state index contributed by atoms with van der Waals surface area (Å²) in [6.07, 6.45) is 1.67. The van der Waals surface area contributed by atoms with Crippen LogP contribution in [0.25, 0.3) is 0 Å². The van der Waals surface area contributed by atoms with Gasteiger partial charge in [-0.05, 0) is 58.7 Å². The number of Topliss-reactive ketones (excluding diaryl/α,β-unsaturated/α-hetero) is 1. The first-order valence-corrected chi connectivity index (χ1v) is 6.80. The van der Waals surface area contributed by atoms with E-state index in [9.17, 15) is 9.59 Å². The van der Waals surface area contributed by atoms with Crippen LogP contribution in [-0.4, -0.2) is 10.4 Å². The molecule has 3 nitrogen and oxygen atoms in total. The summed E-state index contributed by atoms with van der Waals surface area (Å²) in [5, 5.41) is 0.576. The zero-order valence-corrected chi connectivity index (χ0v) is 12.5. The molecule has 98 valence electrons. The minimum absolute atomic E-state index is 0.0146. The van der Waals surface area contributed by atoms with E-state index in [0.29, 0.717) is 15.1 Å². The molecule has 0 atom stereocenters. The molecule has 0 saturated heterocycles. The first-order chi connectivity index (χ1) is 8.97. The number of pyridine rings is 1. The molecule has 2 rings (SSSR count). The van der Waals surface area contributed by atoms with Gasteiger partial charge in [-0.15, -0.1) is 0 Å². The average molecular weight is 341 g/mol. The maximum atomic E-state index is 12.1. The van der Waals surface area contributed by atoms with Crippen LogP contribution in [0.1, 0.15) is 15.9 Å². The maximum Gasteiger partial charge on any atom is 0.265 e. The summed E-state index contributed by atoms with van der Waals surface area (Å²) in [7, 11) is 0. The summed E-state index contributed by atoms with van der Waals surface area (Å²) in [5.74, 6) is -0.128. The van der Waals surface area contributed by atoms with Crippen LogP contribution in [-0.2, 0) is 6.54 Å². The van der Waals surface area contributed by atoms with E-state index in [1.165, 1.54) is 4.57 Å². The quantitative estimate of drug-likeness (QED) is 0.803. The zero-order chi connectivity index (χ0) is 14.0. The van der Waals surface area contributed by atoms with Crippen LogP contribution < -0.4 is 5.56 Å². The second-order valence-corrected chi connectivity index (χ2v) is 5.52. The molecular formula is C14H11BrClNO2. The number of carbonyl (C=O) groups is 1. The van der Waals surface area contributed by atoms with Gasteiger partial charge >= 0.3 is 0 Å². The molecule has 0 aliphatic heterocycles. The molecule has 0 spiro atoms. The average Bonchev–Trinajstić information content (AvgIpc) is 2.36. The van der Waals surface area contributed by atoms with E-state index in [1.807, 2.05) is 6.92 Å². The fraction of sp³-hybridized carbons (Fsp3) is 0.143. The van der Waals surface area contributed by atoms with Gasteiger partial charge in [0.25, 0.3) is 5.56 Å². The van der Waals surface area contributed by atoms with Crippen molar-refractivity contribution in [3.8, 4) is 0 Å². The molecule has 19 heavy (non-hydrogen) atoms. The van der Waals surface area contributed by atoms with Crippen LogP contribution in [0.2, 0.25) is 5.02 Å². The Kier molecular flexibility index (Phi) is 4.22. The van der Waals surface area contributed by atoms with E-state index >= 15 is 0 Å². The first-order valence-electron chi connectivity index (χ1n) is 5.63. The third-order valence-electron chi connectivity index (χ3n) is 2.66. The Balaban J connectivity index is 2.29. The van der Waals surface area contributed by atoms with Gasteiger partial charge in [0.15, 0.2) is 5.78 Å². The van der Waals surface area contributed by atoms with E-state index in [4.69, 9.17) is 11.6 Å². The summed E-state index contributed by atoms with van der Waals surface area (Å²) in [5.41, 5.74) is 1.23. The van der Waals surface area contributed by atoms with Crippen molar-refractivity contribution in [2.45, 2.75) is 13.5 Å². The molecule has 0 unspecified atom stereocenters. The number of carbonyl (C=O) groups excluding carboxylic acids is 1. The minimum atomic E-state index is -0.215. The molecular weight excluding hydrogens is 330 g/mol. The maximum absolute atomic E-state index is 12.1. The van der Waals surface area contributed by atoms with Gasteiger partial charge in [0, 0.05) is 16.8 Å². The van der Waals surface area contributed by atoms with Gasteiger partial charge in [0.1, 0.15) is 0 Å². The van der Waals surface area contributed by atoms with Crippen LogP contribution in [0, 0.1) is 6.92 Å². The van der Waals surface area contributed by atoms with Crippen molar-refractivity contribution in [2.24, 2.45) is 0 Å². The molecule has 0 N–H and O–H groups in total. The summed E-state index contributed by atoms with van der Waals surface area (Å²) in [6.45, 7) is 1.88. The van der Waals surface area contributed by atoms with Gasteiger partial charge in [0.05, 0.1) is 11.0 Å². The van der Waals surface area contributed by atoms with E-state index in [1.54, 1.807) is 36.5 Å². The van der Waals surface area contributed by atoms with E-state index in [0.717, 1.165) is 5.56 Å². The summed E-state index contributed by atoms with van der Waals surface area (Å²) in [6, 6.07) is 8.35. The predicted octanol–water partition coefficient (Wildman–Crippen LogP) is 3.46. The summed E-state index contributed by atoms with van der Waals surface area (Å²) in [4.78, 5) is 24.0. The standard InChI is InChI=1S/C14H11BrClNO2/c1-9-6-12(15)14(19)17(7-9)8-13(18)10-2-4-11(16)5-3-10/h2-7H,8H2,1H3.